The second-order valence-corrected chi connectivity index (χ2v) is 6.66. The highest BCUT2D eigenvalue weighted by atomic mass is 16.1. The highest BCUT2D eigenvalue weighted by Gasteiger charge is 2.24. The molecule has 0 saturated carbocycles. The molecule has 4 N–H and O–H groups in total. The first-order valence-corrected chi connectivity index (χ1v) is 8.92. The Morgan fingerprint density at radius 3 is 2.39 bits per heavy atom. The third-order valence-corrected chi connectivity index (χ3v) is 4.97. The number of H-pyrrole nitrogens is 1. The normalized spacial score (nSPS) is 11.3. The predicted octanol–water partition coefficient (Wildman–Crippen LogP) is 4.08. The van der Waals surface area contributed by atoms with Crippen molar-refractivity contribution < 1.29 is 10.3 Å². The van der Waals surface area contributed by atoms with Crippen molar-refractivity contribution in [2.75, 3.05) is 5.32 Å². The Balaban J connectivity index is 0.00000192. The highest BCUT2D eigenvalue weighted by molar-refractivity contribution is 6.04. The summed E-state index contributed by atoms with van der Waals surface area (Å²) in [4.78, 5) is 12.3. The molecule has 138 valence electrons. The Hall–Kier alpha value is -3.70. The number of anilines is 1. The van der Waals surface area contributed by atoms with Gasteiger partial charge in [0.25, 0.3) is 5.91 Å². The molecule has 0 radical (unpaired) electrons. The van der Waals surface area contributed by atoms with Crippen molar-refractivity contribution >= 4 is 11.6 Å². The minimum Gasteiger partial charge on any atom is -0.412 e. The average Bonchev–Trinajstić information content (AvgIpc) is 3.29. The molecule has 0 unspecified atom stereocenters. The summed E-state index contributed by atoms with van der Waals surface area (Å²) in [5.74, 6) is -0.112. The predicted molar refractivity (Wildman–Crippen MR) is 110 cm³/mol. The molecule has 1 heterocycles. The number of benzene rings is 3. The molecule has 1 aliphatic carbocycles. The van der Waals surface area contributed by atoms with E-state index in [-0.39, 0.29) is 11.4 Å². The molecule has 0 spiro atoms. The van der Waals surface area contributed by atoms with Crippen LogP contribution in [0.3, 0.4) is 0 Å². The van der Waals surface area contributed by atoms with Crippen LogP contribution in [-0.2, 0) is 6.42 Å². The number of hydrogen-bond acceptors (Lipinski definition) is 2. The van der Waals surface area contributed by atoms with Gasteiger partial charge in [-0.15, -0.1) is 0 Å². The summed E-state index contributed by atoms with van der Waals surface area (Å²) in [6.45, 7) is 0. The van der Waals surface area contributed by atoms with Crippen molar-refractivity contribution in [3.05, 3.63) is 95.6 Å². The standard InChI is InChI=1S/C23H17N3O.H2O/c27-23(16-6-2-1-3-7-16)24-18-12-10-15(11-13-18)21-20-14-17-8-4-5-9-19(17)22(20)26-25-21;/h1-13H,14H2,(H,24,27)(H,25,26);1H2. The van der Waals surface area contributed by atoms with E-state index >= 15 is 0 Å². The fraction of sp³-hybridized carbons (Fsp3) is 0.0435. The van der Waals surface area contributed by atoms with Crippen molar-refractivity contribution in [1.82, 2.24) is 10.2 Å². The topological polar surface area (TPSA) is 89.3 Å². The first-order chi connectivity index (χ1) is 13.3. The third kappa shape index (κ3) is 2.98. The lowest BCUT2D eigenvalue weighted by Gasteiger charge is -2.06. The van der Waals surface area contributed by atoms with Crippen LogP contribution in [-0.4, -0.2) is 21.6 Å². The van der Waals surface area contributed by atoms with Gasteiger partial charge in [-0.1, -0.05) is 54.6 Å². The van der Waals surface area contributed by atoms with Crippen LogP contribution < -0.4 is 5.32 Å². The van der Waals surface area contributed by atoms with Crippen LogP contribution in [0.25, 0.3) is 22.5 Å². The zero-order chi connectivity index (χ0) is 18.2. The van der Waals surface area contributed by atoms with E-state index < -0.39 is 0 Å². The highest BCUT2D eigenvalue weighted by Crippen LogP contribution is 2.39. The second-order valence-electron chi connectivity index (χ2n) is 6.66. The summed E-state index contributed by atoms with van der Waals surface area (Å²) in [6.07, 6.45) is 0.893. The van der Waals surface area contributed by atoms with Crippen LogP contribution in [0, 0.1) is 0 Å². The number of aromatic nitrogens is 2. The van der Waals surface area contributed by atoms with Gasteiger partial charge in [0.1, 0.15) is 0 Å². The Morgan fingerprint density at radius 1 is 0.893 bits per heavy atom. The number of hydrogen-bond donors (Lipinski definition) is 2. The Bertz CT molecular complexity index is 1130. The van der Waals surface area contributed by atoms with Crippen molar-refractivity contribution in [3.63, 3.8) is 0 Å². The lowest BCUT2D eigenvalue weighted by Crippen LogP contribution is -2.11. The van der Waals surface area contributed by atoms with Crippen LogP contribution in [0.5, 0.6) is 0 Å². The van der Waals surface area contributed by atoms with E-state index in [1.54, 1.807) is 12.1 Å². The molecule has 0 aliphatic heterocycles. The van der Waals surface area contributed by atoms with E-state index in [9.17, 15) is 4.79 Å². The van der Waals surface area contributed by atoms with E-state index in [4.69, 9.17) is 0 Å². The van der Waals surface area contributed by atoms with Gasteiger partial charge in [0.15, 0.2) is 0 Å². The molecule has 5 nitrogen and oxygen atoms in total. The number of carbonyl (C=O) groups is 1. The molecular weight excluding hydrogens is 350 g/mol. The first kappa shape index (κ1) is 17.7. The largest absolute Gasteiger partial charge is 0.412 e. The third-order valence-electron chi connectivity index (χ3n) is 4.97. The van der Waals surface area contributed by atoms with E-state index in [1.807, 2.05) is 42.5 Å². The van der Waals surface area contributed by atoms with Crippen molar-refractivity contribution in [1.29, 1.82) is 0 Å². The molecule has 5 heteroatoms. The average molecular weight is 369 g/mol. The summed E-state index contributed by atoms with van der Waals surface area (Å²) in [6, 6.07) is 25.5. The van der Waals surface area contributed by atoms with E-state index in [0.717, 1.165) is 29.1 Å². The van der Waals surface area contributed by atoms with Crippen LogP contribution in [0.15, 0.2) is 78.9 Å². The van der Waals surface area contributed by atoms with Gasteiger partial charge in [0, 0.05) is 34.4 Å². The Morgan fingerprint density at radius 2 is 1.61 bits per heavy atom. The molecule has 0 atom stereocenters. The van der Waals surface area contributed by atoms with Gasteiger partial charge in [-0.2, -0.15) is 5.10 Å². The monoisotopic (exact) mass is 369 g/mol. The maximum absolute atomic E-state index is 12.3. The van der Waals surface area contributed by atoms with Crippen molar-refractivity contribution in [2.24, 2.45) is 0 Å². The smallest absolute Gasteiger partial charge is 0.255 e. The number of nitrogens with zero attached hydrogens (tertiary/aromatic N) is 1. The maximum atomic E-state index is 12.3. The fourth-order valence-corrected chi connectivity index (χ4v) is 3.61. The number of nitrogens with one attached hydrogen (secondary N) is 2. The summed E-state index contributed by atoms with van der Waals surface area (Å²) in [7, 11) is 0. The fourth-order valence-electron chi connectivity index (χ4n) is 3.61. The first-order valence-electron chi connectivity index (χ1n) is 8.92. The summed E-state index contributed by atoms with van der Waals surface area (Å²) in [5.41, 5.74) is 8.33. The van der Waals surface area contributed by atoms with Gasteiger partial charge in [-0.25, -0.2) is 0 Å². The second kappa shape index (κ2) is 7.13. The molecule has 0 fully saturated rings. The lowest BCUT2D eigenvalue weighted by molar-refractivity contribution is 0.102. The molecule has 0 saturated heterocycles. The molecule has 4 aromatic rings. The number of aromatic amines is 1. The van der Waals surface area contributed by atoms with Gasteiger partial charge in [-0.05, 0) is 29.8 Å². The molecular formula is C23H19N3O2. The zero-order valence-electron chi connectivity index (χ0n) is 15.1. The van der Waals surface area contributed by atoms with E-state index in [2.05, 4.69) is 39.8 Å². The maximum Gasteiger partial charge on any atom is 0.255 e. The number of fused-ring (bicyclic) bond motifs is 3. The summed E-state index contributed by atoms with van der Waals surface area (Å²) >= 11 is 0. The Labute approximate surface area is 162 Å². The zero-order valence-corrected chi connectivity index (χ0v) is 15.1. The summed E-state index contributed by atoms with van der Waals surface area (Å²) < 4.78 is 0. The minimum atomic E-state index is -0.112. The quantitative estimate of drug-likeness (QED) is 0.502. The van der Waals surface area contributed by atoms with Crippen molar-refractivity contribution in [2.45, 2.75) is 6.42 Å². The van der Waals surface area contributed by atoms with Crippen LogP contribution in [0.1, 0.15) is 21.5 Å². The van der Waals surface area contributed by atoms with Gasteiger partial charge >= 0.3 is 0 Å². The van der Waals surface area contributed by atoms with Gasteiger partial charge in [0.2, 0.25) is 0 Å². The van der Waals surface area contributed by atoms with Gasteiger partial charge < -0.3 is 10.8 Å². The SMILES string of the molecule is O.O=C(Nc1ccc(-c2n[nH]c3c2Cc2ccccc2-3)cc1)c1ccccc1. The number of carbonyl (C=O) groups excluding carboxylic acids is 1. The molecule has 1 amide bonds. The van der Waals surface area contributed by atoms with Crippen LogP contribution in [0.2, 0.25) is 0 Å². The molecule has 1 aromatic heterocycles. The molecule has 3 aromatic carbocycles. The van der Waals surface area contributed by atoms with Gasteiger partial charge in [0.05, 0.1) is 11.4 Å². The minimum absolute atomic E-state index is 0. The Kier molecular flexibility index (Phi) is 4.51. The van der Waals surface area contributed by atoms with Crippen molar-refractivity contribution in [3.8, 4) is 22.5 Å². The molecule has 28 heavy (non-hydrogen) atoms. The summed E-state index contributed by atoms with van der Waals surface area (Å²) in [5, 5.41) is 10.7. The lowest BCUT2D eigenvalue weighted by atomic mass is 10.1. The van der Waals surface area contributed by atoms with E-state index in [1.165, 1.54) is 16.7 Å². The number of rotatable bonds is 3. The molecule has 1 aliphatic rings. The number of amides is 1. The van der Waals surface area contributed by atoms with Crippen LogP contribution in [0.4, 0.5) is 5.69 Å². The van der Waals surface area contributed by atoms with E-state index in [0.29, 0.717) is 5.56 Å². The van der Waals surface area contributed by atoms with Gasteiger partial charge in [-0.3, -0.25) is 9.89 Å². The molecule has 5 rings (SSSR count). The van der Waals surface area contributed by atoms with Crippen LogP contribution >= 0.6 is 0 Å². The molecule has 0 bridgehead atoms.